The van der Waals surface area contributed by atoms with Crippen molar-refractivity contribution in [2.75, 3.05) is 20.8 Å². The molecule has 5 heteroatoms. The van der Waals surface area contributed by atoms with Crippen molar-refractivity contribution in [2.24, 2.45) is 17.3 Å². The van der Waals surface area contributed by atoms with Crippen LogP contribution in [0, 0.1) is 17.3 Å². The summed E-state index contributed by atoms with van der Waals surface area (Å²) >= 11 is 0. The number of benzene rings is 2. The monoisotopic (exact) mass is 424 g/mol. The van der Waals surface area contributed by atoms with Crippen molar-refractivity contribution in [3.8, 4) is 11.5 Å². The molecule has 2 aromatic rings. The fourth-order valence-corrected chi connectivity index (χ4v) is 5.51. The van der Waals surface area contributed by atoms with Gasteiger partial charge in [0.2, 0.25) is 0 Å². The van der Waals surface area contributed by atoms with Crippen molar-refractivity contribution < 1.29 is 24.1 Å². The zero-order valence-corrected chi connectivity index (χ0v) is 18.4. The van der Waals surface area contributed by atoms with Gasteiger partial charge in [-0.3, -0.25) is 4.79 Å². The van der Waals surface area contributed by atoms with Crippen molar-refractivity contribution in [2.45, 2.75) is 44.6 Å². The smallest absolute Gasteiger partial charge is 0.309 e. The largest absolute Gasteiger partial charge is 0.493 e. The van der Waals surface area contributed by atoms with Crippen LogP contribution in [0.1, 0.15) is 49.3 Å². The Kier molecular flexibility index (Phi) is 6.51. The molecule has 0 amide bonds. The molecule has 0 unspecified atom stereocenters. The molecule has 1 aliphatic carbocycles. The summed E-state index contributed by atoms with van der Waals surface area (Å²) in [4.78, 5) is 12.3. The van der Waals surface area contributed by atoms with Crippen LogP contribution in [0.3, 0.4) is 0 Å². The van der Waals surface area contributed by atoms with Gasteiger partial charge in [-0.15, -0.1) is 0 Å². The van der Waals surface area contributed by atoms with Crippen LogP contribution in [-0.2, 0) is 16.0 Å². The molecule has 1 saturated heterocycles. The highest BCUT2D eigenvalue weighted by atomic mass is 16.5. The average molecular weight is 425 g/mol. The Labute approximate surface area is 184 Å². The number of carbonyl (C=O) groups is 1. The van der Waals surface area contributed by atoms with Gasteiger partial charge in [-0.2, -0.15) is 0 Å². The maximum atomic E-state index is 12.3. The number of methoxy groups -OCH3 is 2. The van der Waals surface area contributed by atoms with Crippen molar-refractivity contribution in [1.82, 2.24) is 0 Å². The zero-order valence-electron chi connectivity index (χ0n) is 18.4. The minimum atomic E-state index is -0.645. The average Bonchev–Trinajstić information content (AvgIpc) is 3.43. The Balaban J connectivity index is 1.62. The molecule has 1 aliphatic heterocycles. The predicted molar refractivity (Wildman–Crippen MR) is 119 cm³/mol. The van der Waals surface area contributed by atoms with Crippen LogP contribution in [0.25, 0.3) is 0 Å². The van der Waals surface area contributed by atoms with Gasteiger partial charge in [-0.25, -0.2) is 0 Å². The normalized spacial score (nSPS) is 24.8. The van der Waals surface area contributed by atoms with Gasteiger partial charge in [0.25, 0.3) is 0 Å². The first-order valence-electron chi connectivity index (χ1n) is 11.2. The molecule has 0 radical (unpaired) electrons. The third-order valence-corrected chi connectivity index (χ3v) is 7.20. The zero-order chi connectivity index (χ0) is 21.8. The summed E-state index contributed by atoms with van der Waals surface area (Å²) in [6.45, 7) is 0.633. The van der Waals surface area contributed by atoms with E-state index >= 15 is 0 Å². The number of hydrogen-bond acceptors (Lipinski definition) is 4. The Bertz CT molecular complexity index is 888. The van der Waals surface area contributed by atoms with E-state index in [1.807, 2.05) is 30.3 Å². The molecule has 166 valence electrons. The quantitative estimate of drug-likeness (QED) is 0.624. The fourth-order valence-electron chi connectivity index (χ4n) is 5.51. The Hall–Kier alpha value is -2.53. The Morgan fingerprint density at radius 1 is 1.06 bits per heavy atom. The minimum Gasteiger partial charge on any atom is -0.493 e. The van der Waals surface area contributed by atoms with Crippen LogP contribution < -0.4 is 9.47 Å². The first-order chi connectivity index (χ1) is 15.1. The van der Waals surface area contributed by atoms with E-state index in [0.717, 1.165) is 43.2 Å². The summed E-state index contributed by atoms with van der Waals surface area (Å²) < 4.78 is 17.2. The van der Waals surface area contributed by atoms with E-state index in [-0.39, 0.29) is 17.9 Å². The highest BCUT2D eigenvalue weighted by Crippen LogP contribution is 2.51. The van der Waals surface area contributed by atoms with Gasteiger partial charge in [0.1, 0.15) is 0 Å². The summed E-state index contributed by atoms with van der Waals surface area (Å²) in [6.07, 6.45) is 4.95. The summed E-state index contributed by atoms with van der Waals surface area (Å²) in [5.41, 5.74) is 1.67. The number of ether oxygens (including phenoxy) is 3. The van der Waals surface area contributed by atoms with Crippen LogP contribution in [0.15, 0.2) is 48.5 Å². The third-order valence-electron chi connectivity index (χ3n) is 7.20. The standard InChI is InChI=1S/C26H32O5/c1-29-22-11-10-18(15-23(22)30-2)14-20-17-31-24(19-8-4-3-5-9-19)21(20)16-26(25(27)28)12-6-7-13-26/h3-5,8-11,15,20-21,24H,6-7,12-14,16-17H2,1-2H3,(H,27,28)/t20-,21+,24+/m0/s1. The molecule has 2 aromatic carbocycles. The van der Waals surface area contributed by atoms with Crippen molar-refractivity contribution in [1.29, 1.82) is 0 Å². The lowest BCUT2D eigenvalue weighted by molar-refractivity contribution is -0.150. The molecule has 0 spiro atoms. The summed E-state index contributed by atoms with van der Waals surface area (Å²) in [7, 11) is 3.28. The summed E-state index contributed by atoms with van der Waals surface area (Å²) in [5, 5.41) is 10.1. The highest BCUT2D eigenvalue weighted by Gasteiger charge is 2.48. The van der Waals surface area contributed by atoms with Gasteiger partial charge in [-0.05, 0) is 60.8 Å². The third kappa shape index (κ3) is 4.42. The Morgan fingerprint density at radius 3 is 2.42 bits per heavy atom. The molecule has 2 fully saturated rings. The van der Waals surface area contributed by atoms with Gasteiger partial charge >= 0.3 is 5.97 Å². The molecule has 31 heavy (non-hydrogen) atoms. The van der Waals surface area contributed by atoms with Gasteiger partial charge < -0.3 is 19.3 Å². The van der Waals surface area contributed by atoms with E-state index in [1.54, 1.807) is 14.2 Å². The number of aliphatic carboxylic acids is 1. The van der Waals surface area contributed by atoms with Crippen LogP contribution >= 0.6 is 0 Å². The molecule has 0 bridgehead atoms. The van der Waals surface area contributed by atoms with Gasteiger partial charge in [0.15, 0.2) is 11.5 Å². The molecule has 3 atom stereocenters. The lowest BCUT2D eigenvalue weighted by Crippen LogP contribution is -2.33. The van der Waals surface area contributed by atoms with E-state index in [4.69, 9.17) is 14.2 Å². The lowest BCUT2D eigenvalue weighted by Gasteiger charge is -2.32. The number of rotatable bonds is 8. The van der Waals surface area contributed by atoms with Crippen LogP contribution in [0.5, 0.6) is 11.5 Å². The maximum absolute atomic E-state index is 12.3. The molecular formula is C26H32O5. The van der Waals surface area contributed by atoms with Crippen LogP contribution in [0.4, 0.5) is 0 Å². The lowest BCUT2D eigenvalue weighted by atomic mass is 9.71. The molecule has 1 saturated carbocycles. The van der Waals surface area contributed by atoms with Gasteiger partial charge in [0, 0.05) is 0 Å². The van der Waals surface area contributed by atoms with Gasteiger partial charge in [-0.1, -0.05) is 49.2 Å². The molecule has 1 N–H and O–H groups in total. The van der Waals surface area contributed by atoms with E-state index in [0.29, 0.717) is 24.5 Å². The van der Waals surface area contributed by atoms with Crippen molar-refractivity contribution >= 4 is 5.97 Å². The minimum absolute atomic E-state index is 0.0665. The van der Waals surface area contributed by atoms with E-state index in [1.165, 1.54) is 0 Å². The second-order valence-electron chi connectivity index (χ2n) is 8.98. The van der Waals surface area contributed by atoms with Crippen LogP contribution in [0.2, 0.25) is 0 Å². The first kappa shape index (κ1) is 21.7. The second kappa shape index (κ2) is 9.31. The molecule has 0 aromatic heterocycles. The van der Waals surface area contributed by atoms with E-state index in [2.05, 4.69) is 18.2 Å². The van der Waals surface area contributed by atoms with Crippen molar-refractivity contribution in [3.05, 3.63) is 59.7 Å². The SMILES string of the molecule is COc1ccc(C[C@H]2CO[C@H](c3ccccc3)[C@@H]2CC2(C(=O)O)CCCC2)cc1OC. The number of carboxylic acid groups (broad SMARTS) is 1. The second-order valence-corrected chi connectivity index (χ2v) is 8.98. The maximum Gasteiger partial charge on any atom is 0.309 e. The highest BCUT2D eigenvalue weighted by molar-refractivity contribution is 5.75. The van der Waals surface area contributed by atoms with Crippen molar-refractivity contribution in [3.63, 3.8) is 0 Å². The molecule has 4 rings (SSSR count). The van der Waals surface area contributed by atoms with Gasteiger partial charge in [0.05, 0.1) is 32.3 Å². The topological polar surface area (TPSA) is 65.0 Å². The number of hydrogen-bond donors (Lipinski definition) is 1. The number of carboxylic acids is 1. The predicted octanol–water partition coefficient (Wildman–Crippen LogP) is 5.29. The summed E-state index contributed by atoms with van der Waals surface area (Å²) in [5.74, 6) is 1.19. The molecule has 5 nitrogen and oxygen atoms in total. The first-order valence-corrected chi connectivity index (χ1v) is 11.2. The molecule has 2 aliphatic rings. The van der Waals surface area contributed by atoms with E-state index in [9.17, 15) is 9.90 Å². The molecular weight excluding hydrogens is 392 g/mol. The fraction of sp³-hybridized carbons (Fsp3) is 0.500. The van der Waals surface area contributed by atoms with E-state index < -0.39 is 11.4 Å². The summed E-state index contributed by atoms with van der Waals surface area (Å²) in [6, 6.07) is 16.3. The van der Waals surface area contributed by atoms with Crippen LogP contribution in [-0.4, -0.2) is 31.9 Å². The molecule has 1 heterocycles. The Morgan fingerprint density at radius 2 is 1.77 bits per heavy atom.